The minimum absolute atomic E-state index is 0.0416. The van der Waals surface area contributed by atoms with E-state index in [9.17, 15) is 4.79 Å². The van der Waals surface area contributed by atoms with Crippen molar-refractivity contribution in [3.8, 4) is 17.1 Å². The molecule has 9 heteroatoms. The Morgan fingerprint density at radius 3 is 2.73 bits per heavy atom. The van der Waals surface area contributed by atoms with Crippen LogP contribution >= 0.6 is 12.2 Å². The summed E-state index contributed by atoms with van der Waals surface area (Å²) < 4.78 is 9.39. The number of ether oxygens (including phenoxy) is 1. The number of anilines is 1. The lowest BCUT2D eigenvalue weighted by atomic mass is 10.1. The molecule has 0 aliphatic carbocycles. The summed E-state index contributed by atoms with van der Waals surface area (Å²) in [6.45, 7) is 4.97. The molecule has 0 saturated heterocycles. The molecule has 0 spiro atoms. The number of nitrogens with one attached hydrogen (secondary N) is 2. The van der Waals surface area contributed by atoms with E-state index in [1.807, 2.05) is 60.9 Å². The van der Waals surface area contributed by atoms with E-state index in [4.69, 9.17) is 17.0 Å². The van der Waals surface area contributed by atoms with Gasteiger partial charge >= 0.3 is 0 Å². The van der Waals surface area contributed by atoms with Gasteiger partial charge < -0.3 is 14.6 Å². The molecular weight excluding hydrogens is 436 g/mol. The second kappa shape index (κ2) is 9.83. The van der Waals surface area contributed by atoms with Crippen LogP contribution < -0.4 is 10.1 Å². The average molecular weight is 463 g/mol. The zero-order valence-corrected chi connectivity index (χ0v) is 19.6. The van der Waals surface area contributed by atoms with Crippen molar-refractivity contribution < 1.29 is 9.53 Å². The fourth-order valence-corrected chi connectivity index (χ4v) is 3.86. The number of aromatic nitrogens is 5. The van der Waals surface area contributed by atoms with E-state index in [0.717, 1.165) is 28.4 Å². The Morgan fingerprint density at radius 2 is 2.00 bits per heavy atom. The molecule has 0 fully saturated rings. The summed E-state index contributed by atoms with van der Waals surface area (Å²) in [7, 11) is 1.61. The smallest absolute Gasteiger partial charge is 0.244 e. The lowest BCUT2D eigenvalue weighted by Crippen LogP contribution is -2.19. The van der Waals surface area contributed by atoms with E-state index in [1.165, 1.54) is 0 Å². The molecule has 2 aromatic carbocycles. The molecule has 4 rings (SSSR count). The van der Waals surface area contributed by atoms with Gasteiger partial charge in [0.1, 0.15) is 18.1 Å². The topological polar surface area (TPSA) is 89.8 Å². The highest BCUT2D eigenvalue weighted by Gasteiger charge is 2.13. The Hall–Kier alpha value is -3.72. The average Bonchev–Trinajstić information content (AvgIpc) is 3.41. The van der Waals surface area contributed by atoms with Crippen molar-refractivity contribution in [1.29, 1.82) is 0 Å². The fraction of sp³-hybridized carbons (Fsp3) is 0.250. The van der Waals surface area contributed by atoms with E-state index in [-0.39, 0.29) is 12.5 Å². The maximum Gasteiger partial charge on any atom is 0.244 e. The molecule has 0 aliphatic rings. The highest BCUT2D eigenvalue weighted by molar-refractivity contribution is 7.71. The summed E-state index contributed by atoms with van der Waals surface area (Å²) >= 11 is 5.35. The summed E-state index contributed by atoms with van der Waals surface area (Å²) in [5.41, 5.74) is 2.63. The number of carbonyl (C=O) groups is 1. The number of H-pyrrole nitrogens is 1. The molecule has 0 unspecified atom stereocenters. The number of carbonyl (C=O) groups excluding carboxylic acids is 1. The summed E-state index contributed by atoms with van der Waals surface area (Å²) in [6, 6.07) is 15.3. The van der Waals surface area contributed by atoms with Crippen LogP contribution in [0.3, 0.4) is 0 Å². The van der Waals surface area contributed by atoms with Crippen LogP contribution in [-0.4, -0.2) is 37.3 Å². The van der Waals surface area contributed by atoms with Gasteiger partial charge in [-0.2, -0.15) is 5.10 Å². The molecule has 1 amide bonds. The second-order valence-corrected chi connectivity index (χ2v) is 8.37. The SMILES string of the molecule is COc1ccc(-c2n[nH]c(=S)n2CC(=O)Nc2cccc(Cn3ccnc3C(C)C)c2)cc1. The van der Waals surface area contributed by atoms with Gasteiger partial charge in [0.2, 0.25) is 5.91 Å². The maximum atomic E-state index is 12.8. The van der Waals surface area contributed by atoms with Gasteiger partial charge in [-0.1, -0.05) is 26.0 Å². The molecule has 170 valence electrons. The first-order valence-electron chi connectivity index (χ1n) is 10.6. The lowest BCUT2D eigenvalue weighted by Gasteiger charge is -2.12. The monoisotopic (exact) mass is 462 g/mol. The fourth-order valence-electron chi connectivity index (χ4n) is 3.67. The van der Waals surface area contributed by atoms with Gasteiger partial charge in [0, 0.05) is 36.1 Å². The first-order valence-corrected chi connectivity index (χ1v) is 11.0. The van der Waals surface area contributed by atoms with Gasteiger partial charge in [0.05, 0.1) is 7.11 Å². The molecule has 2 heterocycles. The van der Waals surface area contributed by atoms with Crippen LogP contribution in [0, 0.1) is 4.77 Å². The largest absolute Gasteiger partial charge is 0.497 e. The Morgan fingerprint density at radius 1 is 1.21 bits per heavy atom. The molecule has 0 aliphatic heterocycles. The van der Waals surface area contributed by atoms with Crippen LogP contribution in [0.1, 0.15) is 31.2 Å². The molecule has 0 bridgehead atoms. The Kier molecular flexibility index (Phi) is 6.69. The minimum atomic E-state index is -0.190. The van der Waals surface area contributed by atoms with Crippen LogP contribution in [0.2, 0.25) is 0 Å². The predicted molar refractivity (Wildman–Crippen MR) is 130 cm³/mol. The highest BCUT2D eigenvalue weighted by atomic mass is 32.1. The first-order chi connectivity index (χ1) is 15.9. The van der Waals surface area contributed by atoms with Crippen molar-refractivity contribution in [2.45, 2.75) is 32.9 Å². The van der Waals surface area contributed by atoms with Gasteiger partial charge in [0.25, 0.3) is 0 Å². The van der Waals surface area contributed by atoms with Gasteiger partial charge in [-0.25, -0.2) is 4.98 Å². The number of amides is 1. The summed E-state index contributed by atoms with van der Waals surface area (Å²) in [4.78, 5) is 17.3. The Balaban J connectivity index is 1.48. The second-order valence-electron chi connectivity index (χ2n) is 7.98. The molecule has 8 nitrogen and oxygen atoms in total. The van der Waals surface area contributed by atoms with Gasteiger partial charge in [-0.3, -0.25) is 14.5 Å². The molecule has 2 N–H and O–H groups in total. The summed E-state index contributed by atoms with van der Waals surface area (Å²) in [5.74, 6) is 2.51. The van der Waals surface area contributed by atoms with Crippen molar-refractivity contribution in [1.82, 2.24) is 24.3 Å². The van der Waals surface area contributed by atoms with Crippen molar-refractivity contribution in [3.05, 3.63) is 77.1 Å². The molecule has 0 atom stereocenters. The van der Waals surface area contributed by atoms with Crippen LogP contribution in [0.15, 0.2) is 60.9 Å². The van der Waals surface area contributed by atoms with E-state index >= 15 is 0 Å². The number of nitrogens with zero attached hydrogens (tertiary/aromatic N) is 4. The van der Waals surface area contributed by atoms with E-state index in [1.54, 1.807) is 11.7 Å². The normalized spacial score (nSPS) is 11.0. The van der Waals surface area contributed by atoms with Crippen molar-refractivity contribution in [3.63, 3.8) is 0 Å². The van der Waals surface area contributed by atoms with Crippen LogP contribution in [0.25, 0.3) is 11.4 Å². The quantitative estimate of drug-likeness (QED) is 0.373. The molecule has 4 aromatic rings. The number of hydrogen-bond donors (Lipinski definition) is 2. The number of aromatic amines is 1. The zero-order chi connectivity index (χ0) is 23.4. The first kappa shape index (κ1) is 22.5. The molecule has 0 saturated carbocycles. The third kappa shape index (κ3) is 5.20. The van der Waals surface area contributed by atoms with Crippen molar-refractivity contribution >= 4 is 23.8 Å². The molecular formula is C24H26N6O2S. The van der Waals surface area contributed by atoms with Gasteiger partial charge in [0.15, 0.2) is 10.6 Å². The highest BCUT2D eigenvalue weighted by Crippen LogP contribution is 2.21. The third-order valence-corrected chi connectivity index (χ3v) is 5.55. The lowest BCUT2D eigenvalue weighted by molar-refractivity contribution is -0.116. The zero-order valence-electron chi connectivity index (χ0n) is 18.8. The van der Waals surface area contributed by atoms with E-state index in [2.05, 4.69) is 38.9 Å². The molecule has 0 radical (unpaired) electrons. The Bertz CT molecular complexity index is 1300. The third-order valence-electron chi connectivity index (χ3n) is 5.24. The predicted octanol–water partition coefficient (Wildman–Crippen LogP) is 4.62. The van der Waals surface area contributed by atoms with Crippen molar-refractivity contribution in [2.75, 3.05) is 12.4 Å². The minimum Gasteiger partial charge on any atom is -0.497 e. The molecule has 33 heavy (non-hydrogen) atoms. The maximum absolute atomic E-state index is 12.8. The number of imidazole rings is 1. The summed E-state index contributed by atoms with van der Waals surface area (Å²) in [6.07, 6.45) is 3.79. The van der Waals surface area contributed by atoms with Crippen LogP contribution in [0.4, 0.5) is 5.69 Å². The van der Waals surface area contributed by atoms with E-state index < -0.39 is 0 Å². The standard InChI is InChI=1S/C24H26N6O2S/c1-16(2)22-25-11-12-29(22)14-17-5-4-6-19(13-17)26-21(31)15-30-23(27-28-24(30)33)18-7-9-20(32-3)10-8-18/h4-13,16H,14-15H2,1-3H3,(H,26,31)(H,28,33). The van der Waals surface area contributed by atoms with Gasteiger partial charge in [-0.05, 0) is 54.2 Å². The van der Waals surface area contributed by atoms with Crippen LogP contribution in [0.5, 0.6) is 5.75 Å². The van der Waals surface area contributed by atoms with Gasteiger partial charge in [-0.15, -0.1) is 0 Å². The number of methoxy groups -OCH3 is 1. The number of rotatable bonds is 8. The summed E-state index contributed by atoms with van der Waals surface area (Å²) in [5, 5.41) is 10.0. The van der Waals surface area contributed by atoms with Crippen molar-refractivity contribution in [2.24, 2.45) is 0 Å². The number of hydrogen-bond acceptors (Lipinski definition) is 5. The number of benzene rings is 2. The van der Waals surface area contributed by atoms with Crippen LogP contribution in [-0.2, 0) is 17.9 Å². The molecule has 2 aromatic heterocycles. The Labute approximate surface area is 197 Å². The van der Waals surface area contributed by atoms with E-state index in [0.29, 0.717) is 23.1 Å².